The number of ether oxygens (including phenoxy) is 1. The molecule has 4 rings (SSSR count). The maximum atomic E-state index is 6.68. The number of rotatable bonds is 2. The van der Waals surface area contributed by atoms with E-state index in [4.69, 9.17) is 4.74 Å². The largest absolute Gasteiger partial charge is 0.372 e. The smallest absolute Gasteiger partial charge is 0.0771 e. The maximum absolute atomic E-state index is 6.68. The minimum Gasteiger partial charge on any atom is -0.372 e. The topological polar surface area (TPSA) is 12.5 Å². The first-order valence-electron chi connectivity index (χ1n) is 9.49. The fraction of sp³-hybridized carbons (Fsp3) is 0.895. The second-order valence-electron chi connectivity index (χ2n) is 7.71. The molecule has 0 unspecified atom stereocenters. The second-order valence-corrected chi connectivity index (χ2v) is 7.71. The molecule has 4 aliphatic rings. The van der Waals surface area contributed by atoms with Gasteiger partial charge in [0.2, 0.25) is 0 Å². The average Bonchev–Trinajstić information content (AvgIpc) is 2.56. The van der Waals surface area contributed by atoms with Crippen LogP contribution in [-0.2, 0) is 4.74 Å². The Labute approximate surface area is 129 Å². The summed E-state index contributed by atoms with van der Waals surface area (Å²) in [6.45, 7) is 3.81. The van der Waals surface area contributed by atoms with E-state index in [-0.39, 0.29) is 0 Å². The highest BCUT2D eigenvalue weighted by atomic mass is 16.5. The maximum Gasteiger partial charge on any atom is 0.0771 e. The highest BCUT2D eigenvalue weighted by Crippen LogP contribution is 2.46. The van der Waals surface area contributed by atoms with Gasteiger partial charge in [-0.2, -0.15) is 0 Å². The summed E-state index contributed by atoms with van der Waals surface area (Å²) in [5.41, 5.74) is 1.82. The first-order valence-corrected chi connectivity index (χ1v) is 9.49. The van der Waals surface area contributed by atoms with Crippen molar-refractivity contribution in [2.24, 2.45) is 11.8 Å². The standard InChI is InChI=1S/C19H31NO/c1-6-12-20(13-7-1)14-19-17-10-3-2-8-15(17)16-9-4-5-11-18(16)21-19/h8,16-19H,1-7,9-14H2/t16-,17+,18-,19-/m0/s1. The van der Waals surface area contributed by atoms with Crippen LogP contribution >= 0.6 is 0 Å². The van der Waals surface area contributed by atoms with E-state index >= 15 is 0 Å². The van der Waals surface area contributed by atoms with E-state index in [2.05, 4.69) is 11.0 Å². The molecule has 2 heterocycles. The number of fused-ring (bicyclic) bond motifs is 3. The summed E-state index contributed by atoms with van der Waals surface area (Å²) in [6, 6.07) is 0. The van der Waals surface area contributed by atoms with Crippen LogP contribution < -0.4 is 0 Å². The zero-order valence-electron chi connectivity index (χ0n) is 13.4. The summed E-state index contributed by atoms with van der Waals surface area (Å²) in [7, 11) is 0. The van der Waals surface area contributed by atoms with E-state index in [1.165, 1.54) is 83.8 Å². The van der Waals surface area contributed by atoms with Crippen molar-refractivity contribution >= 4 is 0 Å². The van der Waals surface area contributed by atoms with Gasteiger partial charge in [-0.1, -0.05) is 30.9 Å². The summed E-state index contributed by atoms with van der Waals surface area (Å²) >= 11 is 0. The molecule has 2 aliphatic carbocycles. The van der Waals surface area contributed by atoms with Crippen molar-refractivity contribution in [3.8, 4) is 0 Å². The van der Waals surface area contributed by atoms with Crippen LogP contribution in [-0.4, -0.2) is 36.7 Å². The third kappa shape index (κ3) is 2.94. The van der Waals surface area contributed by atoms with Crippen LogP contribution in [0.4, 0.5) is 0 Å². The first kappa shape index (κ1) is 14.3. The van der Waals surface area contributed by atoms with E-state index < -0.39 is 0 Å². The normalized spacial score (nSPS) is 41.0. The van der Waals surface area contributed by atoms with Gasteiger partial charge >= 0.3 is 0 Å². The Bertz CT molecular complexity index is 383. The van der Waals surface area contributed by atoms with E-state index in [9.17, 15) is 0 Å². The predicted molar refractivity (Wildman–Crippen MR) is 86.3 cm³/mol. The van der Waals surface area contributed by atoms with Gasteiger partial charge in [-0.15, -0.1) is 0 Å². The minimum atomic E-state index is 0.494. The van der Waals surface area contributed by atoms with Crippen molar-refractivity contribution in [2.75, 3.05) is 19.6 Å². The van der Waals surface area contributed by atoms with Crippen molar-refractivity contribution in [3.63, 3.8) is 0 Å². The van der Waals surface area contributed by atoms with Gasteiger partial charge < -0.3 is 9.64 Å². The molecule has 1 saturated carbocycles. The number of nitrogens with zero attached hydrogens (tertiary/aromatic N) is 1. The highest BCUT2D eigenvalue weighted by Gasteiger charge is 2.43. The minimum absolute atomic E-state index is 0.494. The third-order valence-corrected chi connectivity index (χ3v) is 6.34. The predicted octanol–water partition coefficient (Wildman–Crippen LogP) is 4.16. The number of likely N-dealkylation sites (tertiary alicyclic amines) is 1. The zero-order chi connectivity index (χ0) is 14.1. The lowest BCUT2D eigenvalue weighted by Gasteiger charge is -2.48. The Balaban J connectivity index is 1.50. The van der Waals surface area contributed by atoms with Gasteiger partial charge in [0, 0.05) is 18.4 Å². The molecule has 2 aliphatic heterocycles. The van der Waals surface area contributed by atoms with Crippen LogP contribution in [0.5, 0.6) is 0 Å². The van der Waals surface area contributed by atoms with E-state index in [0.717, 1.165) is 11.8 Å². The molecule has 0 spiro atoms. The van der Waals surface area contributed by atoms with Crippen LogP contribution in [0.2, 0.25) is 0 Å². The zero-order valence-corrected chi connectivity index (χ0v) is 13.4. The van der Waals surface area contributed by atoms with E-state index in [0.29, 0.717) is 12.2 Å². The monoisotopic (exact) mass is 289 g/mol. The molecule has 0 N–H and O–H groups in total. The van der Waals surface area contributed by atoms with Crippen LogP contribution in [0.3, 0.4) is 0 Å². The Morgan fingerprint density at radius 2 is 1.71 bits per heavy atom. The summed E-state index contributed by atoms with van der Waals surface area (Å²) < 4.78 is 6.68. The molecule has 0 aromatic heterocycles. The molecule has 2 heteroatoms. The van der Waals surface area contributed by atoms with Crippen LogP contribution in [0.1, 0.15) is 64.2 Å². The molecular formula is C19H31NO. The molecular weight excluding hydrogens is 258 g/mol. The van der Waals surface area contributed by atoms with Gasteiger partial charge in [-0.25, -0.2) is 0 Å². The molecule has 118 valence electrons. The second kappa shape index (κ2) is 6.42. The first-order chi connectivity index (χ1) is 10.4. The van der Waals surface area contributed by atoms with Crippen molar-refractivity contribution < 1.29 is 4.74 Å². The SMILES string of the molecule is C1=C2[C@@H](CCC1)[C@H](CN1CCCCC1)O[C@H]1CCCC[C@@H]21. The molecule has 21 heavy (non-hydrogen) atoms. The molecule has 3 fully saturated rings. The van der Waals surface area contributed by atoms with Crippen molar-refractivity contribution in [3.05, 3.63) is 11.6 Å². The number of allylic oxidation sites excluding steroid dienone is 1. The molecule has 4 atom stereocenters. The van der Waals surface area contributed by atoms with Crippen LogP contribution in [0, 0.1) is 11.8 Å². The molecule has 0 amide bonds. The van der Waals surface area contributed by atoms with E-state index in [1.54, 1.807) is 0 Å². The van der Waals surface area contributed by atoms with Gasteiger partial charge in [-0.05, 0) is 58.0 Å². The summed E-state index contributed by atoms with van der Waals surface area (Å²) in [4.78, 5) is 2.68. The summed E-state index contributed by atoms with van der Waals surface area (Å²) in [5, 5.41) is 0. The lowest BCUT2D eigenvalue weighted by molar-refractivity contribution is -0.114. The van der Waals surface area contributed by atoms with E-state index in [1.807, 2.05) is 5.57 Å². The fourth-order valence-corrected chi connectivity index (χ4v) is 5.28. The van der Waals surface area contributed by atoms with Crippen molar-refractivity contribution in [2.45, 2.75) is 76.4 Å². The Morgan fingerprint density at radius 3 is 2.62 bits per heavy atom. The number of hydrogen-bond donors (Lipinski definition) is 0. The number of piperidine rings is 1. The van der Waals surface area contributed by atoms with Gasteiger partial charge in [0.25, 0.3) is 0 Å². The van der Waals surface area contributed by atoms with Crippen molar-refractivity contribution in [1.82, 2.24) is 4.90 Å². The fourth-order valence-electron chi connectivity index (χ4n) is 5.28. The lowest BCUT2D eigenvalue weighted by atomic mass is 9.69. The molecule has 2 saturated heterocycles. The third-order valence-electron chi connectivity index (χ3n) is 6.34. The van der Waals surface area contributed by atoms with Crippen molar-refractivity contribution in [1.29, 1.82) is 0 Å². The summed E-state index contributed by atoms with van der Waals surface area (Å²) in [6.07, 6.45) is 17.5. The van der Waals surface area contributed by atoms with Gasteiger partial charge in [0.1, 0.15) is 0 Å². The molecule has 0 aromatic carbocycles. The molecule has 2 nitrogen and oxygen atoms in total. The Kier molecular flexibility index (Phi) is 4.36. The molecule has 0 radical (unpaired) electrons. The van der Waals surface area contributed by atoms with Crippen LogP contribution in [0.15, 0.2) is 11.6 Å². The molecule has 0 aromatic rings. The van der Waals surface area contributed by atoms with Crippen LogP contribution in [0.25, 0.3) is 0 Å². The summed E-state index contributed by atoms with van der Waals surface area (Å²) in [5.74, 6) is 1.53. The average molecular weight is 289 g/mol. The Hall–Kier alpha value is -0.340. The lowest BCUT2D eigenvalue weighted by Crippen LogP contribution is -2.50. The van der Waals surface area contributed by atoms with Gasteiger partial charge in [-0.3, -0.25) is 0 Å². The Morgan fingerprint density at radius 1 is 0.905 bits per heavy atom. The van der Waals surface area contributed by atoms with Gasteiger partial charge in [0.15, 0.2) is 0 Å². The number of hydrogen-bond acceptors (Lipinski definition) is 2. The molecule has 0 bridgehead atoms. The highest BCUT2D eigenvalue weighted by molar-refractivity contribution is 5.20. The van der Waals surface area contributed by atoms with Gasteiger partial charge in [0.05, 0.1) is 12.2 Å². The quantitative estimate of drug-likeness (QED) is 0.708.